The van der Waals surface area contributed by atoms with Crippen LogP contribution in [0, 0.1) is 0 Å². The zero-order valence-electron chi connectivity index (χ0n) is 23.8. The third-order valence-corrected chi connectivity index (χ3v) is 6.86. The summed E-state index contributed by atoms with van der Waals surface area (Å²) in [6.45, 7) is 20.4. The molecule has 0 heterocycles. The summed E-state index contributed by atoms with van der Waals surface area (Å²) in [6.07, 6.45) is 14.7. The smallest absolute Gasteiger partial charge is 0.0791 e. The van der Waals surface area contributed by atoms with Gasteiger partial charge in [-0.05, 0) is 50.7 Å². The van der Waals surface area contributed by atoms with Gasteiger partial charge < -0.3 is 20.4 Å². The van der Waals surface area contributed by atoms with Crippen LogP contribution in [0.4, 0.5) is 22.7 Å². The Bertz CT molecular complexity index is 565. The van der Waals surface area contributed by atoms with Crippen molar-refractivity contribution in [3.8, 4) is 0 Å². The maximum absolute atomic E-state index is 7.04. The molecular formula is C30H58N4. The van der Waals surface area contributed by atoms with Crippen molar-refractivity contribution in [2.24, 2.45) is 0 Å². The highest BCUT2D eigenvalue weighted by Gasteiger charge is 2.20. The van der Waals surface area contributed by atoms with Crippen LogP contribution in [-0.4, -0.2) is 39.3 Å². The number of hydrogen-bond donors (Lipinski definition) is 1. The molecule has 1 rings (SSSR count). The molecule has 0 bridgehead atoms. The van der Waals surface area contributed by atoms with Gasteiger partial charge in [-0.1, -0.05) is 80.1 Å². The summed E-state index contributed by atoms with van der Waals surface area (Å²) in [5.74, 6) is 0. The van der Waals surface area contributed by atoms with Crippen LogP contribution in [0.1, 0.15) is 119 Å². The lowest BCUT2D eigenvalue weighted by atomic mass is 10.1. The van der Waals surface area contributed by atoms with Gasteiger partial charge in [0.05, 0.1) is 17.1 Å². The van der Waals surface area contributed by atoms with Crippen molar-refractivity contribution in [3.63, 3.8) is 0 Å². The fraction of sp³-hybridized carbons (Fsp3) is 0.800. The largest absolute Gasteiger partial charge is 0.395 e. The number of hydrogen-bond acceptors (Lipinski definition) is 4. The van der Waals surface area contributed by atoms with Gasteiger partial charge >= 0.3 is 0 Å². The number of anilines is 4. The van der Waals surface area contributed by atoms with Crippen molar-refractivity contribution < 1.29 is 0 Å². The number of unbranched alkanes of at least 4 members (excludes halogenated alkanes) is 6. The molecule has 0 aliphatic rings. The van der Waals surface area contributed by atoms with Crippen LogP contribution < -0.4 is 20.4 Å². The summed E-state index contributed by atoms with van der Waals surface area (Å²) in [4.78, 5) is 7.81. The third kappa shape index (κ3) is 10.4. The Labute approximate surface area is 213 Å². The number of rotatable bonds is 21. The summed E-state index contributed by atoms with van der Waals surface area (Å²) in [5, 5.41) is 0. The van der Waals surface area contributed by atoms with E-state index in [-0.39, 0.29) is 0 Å². The lowest BCUT2D eigenvalue weighted by molar-refractivity contribution is 0.667. The first kappa shape index (κ1) is 30.5. The average molecular weight is 475 g/mol. The SMILES string of the molecule is CCCCN(CCCC)c1cc(N(CCCC)CCCC)c(N)c(N(CCCC)CCCC)c1. The van der Waals surface area contributed by atoms with E-state index in [4.69, 9.17) is 5.73 Å². The van der Waals surface area contributed by atoms with Gasteiger partial charge in [0, 0.05) is 45.0 Å². The summed E-state index contributed by atoms with van der Waals surface area (Å²) in [5.41, 5.74) is 11.9. The predicted octanol–water partition coefficient (Wildman–Crippen LogP) is 8.49. The van der Waals surface area contributed by atoms with E-state index in [0.717, 1.165) is 45.0 Å². The van der Waals surface area contributed by atoms with Crippen LogP contribution in [0.3, 0.4) is 0 Å². The van der Waals surface area contributed by atoms with Gasteiger partial charge in [-0.3, -0.25) is 0 Å². The van der Waals surface area contributed by atoms with Crippen LogP contribution in [0.2, 0.25) is 0 Å². The van der Waals surface area contributed by atoms with Gasteiger partial charge in [0.15, 0.2) is 0 Å². The molecule has 0 saturated heterocycles. The molecule has 1 aromatic rings. The minimum atomic E-state index is 0.995. The van der Waals surface area contributed by atoms with Gasteiger partial charge in [0.2, 0.25) is 0 Å². The average Bonchev–Trinajstić information content (AvgIpc) is 2.85. The maximum Gasteiger partial charge on any atom is 0.0791 e. The number of nitrogens with zero attached hydrogens (tertiary/aromatic N) is 3. The van der Waals surface area contributed by atoms with Gasteiger partial charge in [-0.25, -0.2) is 0 Å². The second kappa shape index (κ2) is 18.7. The minimum Gasteiger partial charge on any atom is -0.395 e. The Morgan fingerprint density at radius 1 is 0.471 bits per heavy atom. The van der Waals surface area contributed by atoms with Gasteiger partial charge in [-0.2, -0.15) is 0 Å². The minimum absolute atomic E-state index is 0.995. The normalized spacial score (nSPS) is 11.1. The third-order valence-electron chi connectivity index (χ3n) is 6.86. The first-order valence-corrected chi connectivity index (χ1v) is 14.8. The Morgan fingerprint density at radius 3 is 1.00 bits per heavy atom. The molecule has 198 valence electrons. The topological polar surface area (TPSA) is 35.7 Å². The van der Waals surface area contributed by atoms with E-state index < -0.39 is 0 Å². The van der Waals surface area contributed by atoms with Gasteiger partial charge in [0.1, 0.15) is 0 Å². The fourth-order valence-electron chi connectivity index (χ4n) is 4.48. The van der Waals surface area contributed by atoms with E-state index in [9.17, 15) is 0 Å². The van der Waals surface area contributed by atoms with Crippen molar-refractivity contribution in [2.75, 3.05) is 59.7 Å². The molecule has 0 aliphatic carbocycles. The number of nitrogens with two attached hydrogens (primary N) is 1. The zero-order chi connectivity index (χ0) is 25.2. The van der Waals surface area contributed by atoms with E-state index >= 15 is 0 Å². The predicted molar refractivity (Wildman–Crippen MR) is 157 cm³/mol. The summed E-state index contributed by atoms with van der Waals surface area (Å²) in [7, 11) is 0. The van der Waals surface area contributed by atoms with E-state index in [1.807, 2.05) is 0 Å². The second-order valence-electron chi connectivity index (χ2n) is 9.98. The summed E-state index contributed by atoms with van der Waals surface area (Å²) < 4.78 is 0. The van der Waals surface area contributed by atoms with E-state index in [1.54, 1.807) is 0 Å². The molecular weight excluding hydrogens is 416 g/mol. The molecule has 0 amide bonds. The lowest BCUT2D eigenvalue weighted by Gasteiger charge is -2.34. The van der Waals surface area contributed by atoms with Crippen LogP contribution >= 0.6 is 0 Å². The molecule has 0 saturated carbocycles. The molecule has 4 nitrogen and oxygen atoms in total. The second-order valence-corrected chi connectivity index (χ2v) is 9.98. The molecule has 34 heavy (non-hydrogen) atoms. The van der Waals surface area contributed by atoms with Crippen LogP contribution in [0.25, 0.3) is 0 Å². The van der Waals surface area contributed by atoms with E-state index in [0.29, 0.717) is 0 Å². The standard InChI is InChI=1S/C30H58N4/c1-7-13-19-32(20-14-8-2)27-25-28(33(21-15-9-3)22-16-10-4)30(31)29(26-27)34(23-17-11-5)24-18-12-6/h25-26H,7-24,31H2,1-6H3. The zero-order valence-corrected chi connectivity index (χ0v) is 23.8. The Balaban J connectivity index is 3.57. The van der Waals surface area contributed by atoms with E-state index in [1.165, 1.54) is 94.1 Å². The van der Waals surface area contributed by atoms with Crippen LogP contribution in [0.15, 0.2) is 12.1 Å². The van der Waals surface area contributed by atoms with Gasteiger partial charge in [0.25, 0.3) is 0 Å². The van der Waals surface area contributed by atoms with Crippen LogP contribution in [-0.2, 0) is 0 Å². The summed E-state index contributed by atoms with van der Waals surface area (Å²) in [6, 6.07) is 4.85. The van der Waals surface area contributed by atoms with Crippen molar-refractivity contribution in [2.45, 2.75) is 119 Å². The molecule has 1 aromatic carbocycles. The first-order valence-electron chi connectivity index (χ1n) is 14.8. The number of nitrogen functional groups attached to an aromatic ring is 1. The van der Waals surface area contributed by atoms with E-state index in [2.05, 4.69) is 68.4 Å². The fourth-order valence-corrected chi connectivity index (χ4v) is 4.48. The molecule has 4 heteroatoms. The Morgan fingerprint density at radius 2 is 0.735 bits per heavy atom. The molecule has 0 unspecified atom stereocenters. The maximum atomic E-state index is 7.04. The van der Waals surface area contributed by atoms with Crippen molar-refractivity contribution in [3.05, 3.63) is 12.1 Å². The van der Waals surface area contributed by atoms with Gasteiger partial charge in [-0.15, -0.1) is 0 Å². The highest BCUT2D eigenvalue weighted by Crippen LogP contribution is 2.39. The molecule has 0 aromatic heterocycles. The molecule has 0 fully saturated rings. The molecule has 0 aliphatic heterocycles. The van der Waals surface area contributed by atoms with Crippen LogP contribution in [0.5, 0.6) is 0 Å². The molecule has 0 spiro atoms. The quantitative estimate of drug-likeness (QED) is 0.181. The first-order chi connectivity index (χ1) is 16.6. The molecule has 2 N–H and O–H groups in total. The van der Waals surface area contributed by atoms with Crippen molar-refractivity contribution in [1.29, 1.82) is 0 Å². The highest BCUT2D eigenvalue weighted by atomic mass is 15.2. The Kier molecular flexibility index (Phi) is 16.8. The van der Waals surface area contributed by atoms with Crippen molar-refractivity contribution >= 4 is 22.7 Å². The Hall–Kier alpha value is -1.58. The molecule has 0 radical (unpaired) electrons. The number of benzene rings is 1. The monoisotopic (exact) mass is 474 g/mol. The van der Waals surface area contributed by atoms with Crippen molar-refractivity contribution in [1.82, 2.24) is 0 Å². The molecule has 0 atom stereocenters. The lowest BCUT2D eigenvalue weighted by Crippen LogP contribution is -2.31. The highest BCUT2D eigenvalue weighted by molar-refractivity contribution is 5.86. The summed E-state index contributed by atoms with van der Waals surface area (Å²) >= 11 is 0.